The van der Waals surface area contributed by atoms with Crippen molar-refractivity contribution in [3.63, 3.8) is 0 Å². The van der Waals surface area contributed by atoms with Crippen molar-refractivity contribution in [2.75, 3.05) is 13.6 Å². The third-order valence-corrected chi connectivity index (χ3v) is 9.42. The maximum Gasteiger partial charge on any atom is 0.147 e. The van der Waals surface area contributed by atoms with E-state index >= 15 is 0 Å². The lowest BCUT2D eigenvalue weighted by Gasteiger charge is -2.29. The Bertz CT molecular complexity index is 2410. The van der Waals surface area contributed by atoms with Crippen LogP contribution in [0.4, 0.5) is 0 Å². The van der Waals surface area contributed by atoms with Crippen LogP contribution in [0.5, 0.6) is 0 Å². The Labute approximate surface area is 297 Å². The molecule has 7 aromatic rings. The molecule has 6 nitrogen and oxygen atoms in total. The molecule has 0 amide bonds. The van der Waals surface area contributed by atoms with Crippen molar-refractivity contribution < 1.29 is 4.42 Å². The van der Waals surface area contributed by atoms with E-state index in [0.29, 0.717) is 6.54 Å². The van der Waals surface area contributed by atoms with Crippen molar-refractivity contribution in [2.24, 2.45) is 9.98 Å². The molecule has 6 heteroatoms. The first-order chi connectivity index (χ1) is 25.2. The van der Waals surface area contributed by atoms with Gasteiger partial charge in [-0.15, -0.1) is 0 Å². The molecule has 0 fully saturated rings. The number of hydrogen-bond donors (Lipinski definition) is 0. The lowest BCUT2D eigenvalue weighted by Crippen LogP contribution is -2.31. The SMILES string of the molecule is C=NC(c1cccc2oc3c(-c4ccccn4)cc(-c4ccccn4)cc3c12)N(C)C(=NCC1=CCCC=C1)c1ccc(-c2ccccc2)cc1. The summed E-state index contributed by atoms with van der Waals surface area (Å²) in [6.45, 7) is 4.69. The summed E-state index contributed by atoms with van der Waals surface area (Å²) in [7, 11) is 2.05. The summed E-state index contributed by atoms with van der Waals surface area (Å²) < 4.78 is 6.68. The summed E-state index contributed by atoms with van der Waals surface area (Å²) >= 11 is 0. The van der Waals surface area contributed by atoms with Gasteiger partial charge in [0.15, 0.2) is 0 Å². The highest BCUT2D eigenvalue weighted by Crippen LogP contribution is 2.42. The highest BCUT2D eigenvalue weighted by atomic mass is 16.3. The third-order valence-electron chi connectivity index (χ3n) is 9.42. The van der Waals surface area contributed by atoms with Crippen LogP contribution in [0.25, 0.3) is 55.6 Å². The average Bonchev–Trinajstić information content (AvgIpc) is 3.59. The van der Waals surface area contributed by atoms with Crippen LogP contribution in [-0.4, -0.2) is 41.0 Å². The zero-order chi connectivity index (χ0) is 34.6. The molecule has 1 aliphatic rings. The molecule has 0 spiro atoms. The van der Waals surface area contributed by atoms with Gasteiger partial charge < -0.3 is 9.32 Å². The van der Waals surface area contributed by atoms with E-state index < -0.39 is 6.17 Å². The number of aromatic nitrogens is 2. The van der Waals surface area contributed by atoms with Crippen LogP contribution in [0, 0.1) is 0 Å². The first kappa shape index (κ1) is 31.8. The lowest BCUT2D eigenvalue weighted by molar-refractivity contribution is 0.392. The first-order valence-electron chi connectivity index (χ1n) is 17.2. The second kappa shape index (κ2) is 14.2. The van der Waals surface area contributed by atoms with Crippen molar-refractivity contribution in [1.29, 1.82) is 0 Å². The molecule has 51 heavy (non-hydrogen) atoms. The van der Waals surface area contributed by atoms with E-state index in [1.165, 1.54) is 11.1 Å². The van der Waals surface area contributed by atoms with Gasteiger partial charge in [-0.05, 0) is 78.7 Å². The van der Waals surface area contributed by atoms with Crippen LogP contribution in [0.3, 0.4) is 0 Å². The fourth-order valence-corrected chi connectivity index (χ4v) is 6.91. The fourth-order valence-electron chi connectivity index (χ4n) is 6.91. The van der Waals surface area contributed by atoms with Gasteiger partial charge >= 0.3 is 0 Å². The van der Waals surface area contributed by atoms with E-state index in [-0.39, 0.29) is 0 Å². The zero-order valence-electron chi connectivity index (χ0n) is 28.5. The standard InChI is InChI=1S/C45H37N5O/c1-46-45(50(2)44(49-30-31-14-5-3-6-15-31)34-24-22-33(23-25-34)32-16-7-4-8-17-32)36-18-13-21-41-42(36)38-29-35(39-19-9-11-26-47-39)28-37(43(38)51-41)40-20-10-12-27-48-40/h4-5,7-29,45H,1,3,6,30H2,2H3. The van der Waals surface area contributed by atoms with Gasteiger partial charge in [0.25, 0.3) is 0 Å². The zero-order valence-corrected chi connectivity index (χ0v) is 28.5. The minimum Gasteiger partial charge on any atom is -0.455 e. The third kappa shape index (κ3) is 6.40. The van der Waals surface area contributed by atoms with E-state index in [2.05, 4.69) is 102 Å². The molecule has 0 saturated carbocycles. The largest absolute Gasteiger partial charge is 0.455 e. The molecule has 0 saturated heterocycles. The number of hydrogen-bond acceptors (Lipinski definition) is 5. The smallest absolute Gasteiger partial charge is 0.147 e. The summed E-state index contributed by atoms with van der Waals surface area (Å²) in [5.74, 6) is 0.833. The second-order valence-electron chi connectivity index (χ2n) is 12.7. The Morgan fingerprint density at radius 3 is 2.24 bits per heavy atom. The van der Waals surface area contributed by atoms with Crippen LogP contribution in [0.2, 0.25) is 0 Å². The minimum atomic E-state index is -0.463. The number of fused-ring (bicyclic) bond motifs is 3. The number of pyridine rings is 2. The number of rotatable bonds is 9. The van der Waals surface area contributed by atoms with Gasteiger partial charge in [-0.2, -0.15) is 0 Å². The first-order valence-corrected chi connectivity index (χ1v) is 17.2. The molecule has 0 radical (unpaired) electrons. The van der Waals surface area contributed by atoms with Crippen molar-refractivity contribution in [1.82, 2.24) is 14.9 Å². The number of benzene rings is 4. The van der Waals surface area contributed by atoms with Gasteiger partial charge in [-0.1, -0.05) is 97.1 Å². The topological polar surface area (TPSA) is 66.9 Å². The monoisotopic (exact) mass is 663 g/mol. The highest BCUT2D eigenvalue weighted by Gasteiger charge is 2.26. The summed E-state index contributed by atoms with van der Waals surface area (Å²) in [4.78, 5) is 21.5. The molecule has 1 aliphatic carbocycles. The molecule has 1 atom stereocenters. The maximum absolute atomic E-state index is 6.68. The Morgan fingerprint density at radius 1 is 0.784 bits per heavy atom. The van der Waals surface area contributed by atoms with Crippen LogP contribution in [-0.2, 0) is 0 Å². The van der Waals surface area contributed by atoms with E-state index in [0.717, 1.165) is 79.8 Å². The lowest BCUT2D eigenvalue weighted by atomic mass is 9.97. The normalized spacial score (nSPS) is 13.7. The molecule has 8 rings (SSSR count). The molecular weight excluding hydrogens is 627 g/mol. The average molecular weight is 664 g/mol. The molecule has 3 aromatic heterocycles. The van der Waals surface area contributed by atoms with Gasteiger partial charge in [-0.25, -0.2) is 0 Å². The molecule has 0 aliphatic heterocycles. The van der Waals surface area contributed by atoms with Gasteiger partial charge in [0.1, 0.15) is 23.2 Å². The number of nitrogens with zero attached hydrogens (tertiary/aromatic N) is 5. The summed E-state index contributed by atoms with van der Waals surface area (Å²) in [5, 5.41) is 1.94. The predicted molar refractivity (Wildman–Crippen MR) is 210 cm³/mol. The molecule has 1 unspecified atom stereocenters. The van der Waals surface area contributed by atoms with Crippen LogP contribution >= 0.6 is 0 Å². The Hall–Kier alpha value is -6.40. The van der Waals surface area contributed by atoms with Crippen molar-refractivity contribution in [3.05, 3.63) is 169 Å². The van der Waals surface area contributed by atoms with Crippen LogP contribution < -0.4 is 0 Å². The number of allylic oxidation sites excluding steroid dienone is 2. The number of furan rings is 1. The van der Waals surface area contributed by atoms with Crippen molar-refractivity contribution >= 4 is 34.5 Å². The van der Waals surface area contributed by atoms with Gasteiger partial charge in [0, 0.05) is 52.5 Å². The van der Waals surface area contributed by atoms with Crippen LogP contribution in [0.15, 0.2) is 172 Å². The second-order valence-corrected chi connectivity index (χ2v) is 12.7. The highest BCUT2D eigenvalue weighted by molar-refractivity contribution is 6.12. The molecular formula is C45H37N5O. The van der Waals surface area contributed by atoms with Crippen LogP contribution in [0.1, 0.15) is 30.1 Å². The van der Waals surface area contributed by atoms with Gasteiger partial charge in [0.2, 0.25) is 0 Å². The van der Waals surface area contributed by atoms with E-state index in [4.69, 9.17) is 19.4 Å². The number of amidine groups is 1. The van der Waals surface area contributed by atoms with Gasteiger partial charge in [-0.3, -0.25) is 20.0 Å². The summed E-state index contributed by atoms with van der Waals surface area (Å²) in [6, 6.07) is 41.4. The Morgan fingerprint density at radius 2 is 1.53 bits per heavy atom. The van der Waals surface area contributed by atoms with E-state index in [1.54, 1.807) is 0 Å². The summed E-state index contributed by atoms with van der Waals surface area (Å²) in [5.41, 5.74) is 10.6. The summed E-state index contributed by atoms with van der Waals surface area (Å²) in [6.07, 6.45) is 11.9. The Kier molecular flexibility index (Phi) is 8.88. The Balaban J connectivity index is 1.27. The molecule has 0 bridgehead atoms. The molecule has 4 aromatic carbocycles. The predicted octanol–water partition coefficient (Wildman–Crippen LogP) is 10.7. The molecule has 0 N–H and O–H groups in total. The van der Waals surface area contributed by atoms with E-state index in [9.17, 15) is 0 Å². The van der Waals surface area contributed by atoms with Crippen molar-refractivity contribution in [2.45, 2.75) is 19.0 Å². The fraction of sp³-hybridized carbons (Fsp3) is 0.111. The number of aliphatic imine (C=N–C) groups is 2. The van der Waals surface area contributed by atoms with Gasteiger partial charge in [0.05, 0.1) is 17.9 Å². The van der Waals surface area contributed by atoms with E-state index in [1.807, 2.05) is 74.0 Å². The quantitative estimate of drug-likeness (QED) is 0.114. The van der Waals surface area contributed by atoms with Crippen molar-refractivity contribution in [3.8, 4) is 33.6 Å². The minimum absolute atomic E-state index is 0.463. The maximum atomic E-state index is 6.68. The molecule has 248 valence electrons. The molecule has 3 heterocycles.